The normalized spacial score (nSPS) is 10.0. The summed E-state index contributed by atoms with van der Waals surface area (Å²) in [5.41, 5.74) is 2.49. The lowest BCUT2D eigenvalue weighted by atomic mass is 10.2. The molecule has 1 aromatic rings. The fourth-order valence-corrected chi connectivity index (χ4v) is 1.77. The van der Waals surface area contributed by atoms with Gasteiger partial charge in [0, 0.05) is 13.0 Å². The second-order valence-corrected chi connectivity index (χ2v) is 4.63. The summed E-state index contributed by atoms with van der Waals surface area (Å²) < 4.78 is 5.65. The molecule has 1 rings (SSSR count). The van der Waals surface area contributed by atoms with Crippen LogP contribution in [0.3, 0.4) is 0 Å². The quantitative estimate of drug-likeness (QED) is 0.277. The minimum atomic E-state index is -0.320. The number of carbonyl (C=O) groups is 2. The Labute approximate surface area is 125 Å². The van der Waals surface area contributed by atoms with Gasteiger partial charge in [0.25, 0.3) is 5.91 Å². The highest BCUT2D eigenvalue weighted by molar-refractivity contribution is 5.97. The number of hydrogen-bond acceptors (Lipinski definition) is 4. The lowest BCUT2D eigenvalue weighted by molar-refractivity contribution is -0.121. The first-order valence-corrected chi connectivity index (χ1v) is 7.18. The third kappa shape index (κ3) is 6.27. The van der Waals surface area contributed by atoms with E-state index in [4.69, 9.17) is 10.6 Å². The maximum Gasteiger partial charge on any atom is 0.255 e. The smallest absolute Gasteiger partial charge is 0.255 e. The Bertz CT molecular complexity index is 463. The van der Waals surface area contributed by atoms with Crippen molar-refractivity contribution in [3.05, 3.63) is 29.8 Å². The maximum atomic E-state index is 12.1. The highest BCUT2D eigenvalue weighted by Crippen LogP contribution is 2.18. The van der Waals surface area contributed by atoms with Gasteiger partial charge in [0.1, 0.15) is 5.75 Å². The maximum absolute atomic E-state index is 12.1. The molecule has 0 fully saturated rings. The van der Waals surface area contributed by atoms with Crippen LogP contribution in [-0.2, 0) is 4.79 Å². The molecule has 6 heteroatoms. The van der Waals surface area contributed by atoms with Gasteiger partial charge in [-0.25, -0.2) is 5.84 Å². The van der Waals surface area contributed by atoms with Crippen LogP contribution < -0.4 is 21.3 Å². The number of ether oxygens (including phenoxy) is 1. The van der Waals surface area contributed by atoms with Crippen molar-refractivity contribution in [3.63, 3.8) is 0 Å². The third-order valence-electron chi connectivity index (χ3n) is 2.94. The Balaban J connectivity index is 2.52. The Morgan fingerprint density at radius 3 is 2.71 bits per heavy atom. The summed E-state index contributed by atoms with van der Waals surface area (Å²) in [7, 11) is 0. The summed E-state index contributed by atoms with van der Waals surface area (Å²) in [6.07, 6.45) is 3.32. The van der Waals surface area contributed by atoms with E-state index in [-0.39, 0.29) is 24.8 Å². The number of nitrogens with two attached hydrogens (primary N) is 1. The summed E-state index contributed by atoms with van der Waals surface area (Å²) in [5, 5.41) is 2.67. The molecule has 0 unspecified atom stereocenters. The van der Waals surface area contributed by atoms with Gasteiger partial charge in [-0.2, -0.15) is 0 Å². The summed E-state index contributed by atoms with van der Waals surface area (Å²) in [5.74, 6) is 4.96. The van der Waals surface area contributed by atoms with Crippen molar-refractivity contribution in [2.45, 2.75) is 32.6 Å². The molecule has 6 nitrogen and oxygen atoms in total. The molecule has 1 aromatic carbocycles. The van der Waals surface area contributed by atoms with Crippen LogP contribution in [0, 0.1) is 0 Å². The predicted molar refractivity (Wildman–Crippen MR) is 80.7 cm³/mol. The number of para-hydroxylation sites is 1. The monoisotopic (exact) mass is 293 g/mol. The zero-order valence-electron chi connectivity index (χ0n) is 12.4. The van der Waals surface area contributed by atoms with E-state index in [9.17, 15) is 9.59 Å². The molecule has 0 saturated carbocycles. The van der Waals surface area contributed by atoms with Crippen molar-refractivity contribution < 1.29 is 14.3 Å². The average molecular weight is 293 g/mol. The molecule has 0 radical (unpaired) electrons. The van der Waals surface area contributed by atoms with Gasteiger partial charge in [0.2, 0.25) is 5.91 Å². The lowest BCUT2D eigenvalue weighted by Crippen LogP contribution is -2.34. The molecule has 2 amide bonds. The summed E-state index contributed by atoms with van der Waals surface area (Å²) >= 11 is 0. The van der Waals surface area contributed by atoms with Crippen LogP contribution in [0.4, 0.5) is 0 Å². The zero-order chi connectivity index (χ0) is 15.5. The van der Waals surface area contributed by atoms with Crippen LogP contribution >= 0.6 is 0 Å². The second kappa shape index (κ2) is 9.77. The second-order valence-electron chi connectivity index (χ2n) is 4.63. The molecule has 0 aromatic heterocycles. The summed E-state index contributed by atoms with van der Waals surface area (Å²) in [4.78, 5) is 23.1. The van der Waals surface area contributed by atoms with Crippen LogP contribution in [0.15, 0.2) is 24.3 Å². The number of hydrazine groups is 1. The van der Waals surface area contributed by atoms with Gasteiger partial charge in [0.05, 0.1) is 12.2 Å². The van der Waals surface area contributed by atoms with Crippen molar-refractivity contribution in [3.8, 4) is 5.75 Å². The van der Waals surface area contributed by atoms with E-state index in [1.807, 2.05) is 11.5 Å². The number of nitrogens with one attached hydrogen (secondary N) is 2. The molecule has 0 spiro atoms. The molecule has 4 N–H and O–H groups in total. The number of rotatable bonds is 9. The lowest BCUT2D eigenvalue weighted by Gasteiger charge is -2.11. The Morgan fingerprint density at radius 1 is 1.24 bits per heavy atom. The van der Waals surface area contributed by atoms with E-state index in [0.29, 0.717) is 17.9 Å². The summed E-state index contributed by atoms with van der Waals surface area (Å²) in [6, 6.07) is 7.08. The first-order chi connectivity index (χ1) is 10.2. The molecular formula is C15H23N3O3. The van der Waals surface area contributed by atoms with E-state index in [1.165, 1.54) is 0 Å². The van der Waals surface area contributed by atoms with E-state index < -0.39 is 0 Å². The topological polar surface area (TPSA) is 93.4 Å². The van der Waals surface area contributed by atoms with Crippen molar-refractivity contribution in [2.75, 3.05) is 13.2 Å². The Morgan fingerprint density at radius 2 is 2.00 bits per heavy atom. The molecule has 116 valence electrons. The van der Waals surface area contributed by atoms with Gasteiger partial charge >= 0.3 is 0 Å². The minimum absolute atomic E-state index is 0.141. The minimum Gasteiger partial charge on any atom is -0.493 e. The SMILES string of the molecule is CCCCCOc1ccccc1C(=O)NCCC(=O)NN. The highest BCUT2D eigenvalue weighted by atomic mass is 16.5. The summed E-state index contributed by atoms with van der Waals surface area (Å²) in [6.45, 7) is 2.94. The van der Waals surface area contributed by atoms with Crippen LogP contribution in [0.25, 0.3) is 0 Å². The van der Waals surface area contributed by atoms with Crippen molar-refractivity contribution in [1.82, 2.24) is 10.7 Å². The number of carbonyl (C=O) groups excluding carboxylic acids is 2. The van der Waals surface area contributed by atoms with Gasteiger partial charge in [-0.15, -0.1) is 0 Å². The number of benzene rings is 1. The van der Waals surface area contributed by atoms with Gasteiger partial charge in [-0.3, -0.25) is 15.0 Å². The van der Waals surface area contributed by atoms with Gasteiger partial charge in [0.15, 0.2) is 0 Å². The molecule has 0 aliphatic heterocycles. The van der Waals surface area contributed by atoms with Gasteiger partial charge in [-0.1, -0.05) is 31.9 Å². The largest absolute Gasteiger partial charge is 0.493 e. The van der Waals surface area contributed by atoms with E-state index in [0.717, 1.165) is 19.3 Å². The molecule has 0 heterocycles. The van der Waals surface area contributed by atoms with Gasteiger partial charge in [-0.05, 0) is 18.6 Å². The Hall–Kier alpha value is -2.08. The molecular weight excluding hydrogens is 270 g/mol. The fraction of sp³-hybridized carbons (Fsp3) is 0.467. The van der Waals surface area contributed by atoms with Crippen LogP contribution in [-0.4, -0.2) is 25.0 Å². The van der Waals surface area contributed by atoms with Crippen LogP contribution in [0.2, 0.25) is 0 Å². The Kier molecular flexibility index (Phi) is 7.89. The fourth-order valence-electron chi connectivity index (χ4n) is 1.77. The predicted octanol–water partition coefficient (Wildman–Crippen LogP) is 1.37. The highest BCUT2D eigenvalue weighted by Gasteiger charge is 2.11. The van der Waals surface area contributed by atoms with Crippen molar-refractivity contribution in [1.29, 1.82) is 0 Å². The molecule has 21 heavy (non-hydrogen) atoms. The number of hydrogen-bond donors (Lipinski definition) is 3. The number of unbranched alkanes of at least 4 members (excludes halogenated alkanes) is 2. The van der Waals surface area contributed by atoms with E-state index >= 15 is 0 Å². The molecule has 0 saturated heterocycles. The molecule has 0 aliphatic carbocycles. The van der Waals surface area contributed by atoms with Crippen LogP contribution in [0.1, 0.15) is 43.0 Å². The molecule has 0 atom stereocenters. The zero-order valence-corrected chi connectivity index (χ0v) is 12.4. The van der Waals surface area contributed by atoms with E-state index in [2.05, 4.69) is 12.2 Å². The first-order valence-electron chi connectivity index (χ1n) is 7.18. The number of amides is 2. The standard InChI is InChI=1S/C15H23N3O3/c1-2-3-6-11-21-13-8-5-4-7-12(13)15(20)17-10-9-14(19)18-16/h4-5,7-8H,2-3,6,9-11,16H2,1H3,(H,17,20)(H,18,19). The van der Waals surface area contributed by atoms with Crippen molar-refractivity contribution >= 4 is 11.8 Å². The molecule has 0 bridgehead atoms. The molecule has 0 aliphatic rings. The van der Waals surface area contributed by atoms with E-state index in [1.54, 1.807) is 18.2 Å². The van der Waals surface area contributed by atoms with Crippen LogP contribution in [0.5, 0.6) is 5.75 Å². The average Bonchev–Trinajstić information content (AvgIpc) is 2.51. The van der Waals surface area contributed by atoms with Gasteiger partial charge < -0.3 is 10.1 Å². The van der Waals surface area contributed by atoms with Crippen molar-refractivity contribution in [2.24, 2.45) is 5.84 Å². The third-order valence-corrected chi connectivity index (χ3v) is 2.94. The first kappa shape index (κ1) is 17.0.